The second-order valence-electron chi connectivity index (χ2n) is 5.85. The van der Waals surface area contributed by atoms with E-state index in [0.717, 1.165) is 18.4 Å². The van der Waals surface area contributed by atoms with Gasteiger partial charge in [-0.25, -0.2) is 9.48 Å². The van der Waals surface area contributed by atoms with Crippen LogP contribution < -0.4 is 5.73 Å². The molecule has 2 aliphatic rings. The number of carboxylic acid groups (broad SMARTS) is 1. The Morgan fingerprint density at radius 1 is 1.42 bits per heavy atom. The lowest BCUT2D eigenvalue weighted by molar-refractivity contribution is 0.0689. The molecule has 1 aromatic heterocycles. The van der Waals surface area contributed by atoms with Gasteiger partial charge in [0.25, 0.3) is 0 Å². The van der Waals surface area contributed by atoms with Crippen molar-refractivity contribution in [3.8, 4) is 0 Å². The highest BCUT2D eigenvalue weighted by molar-refractivity contribution is 5.86. The minimum absolute atomic E-state index is 0.0635. The van der Waals surface area contributed by atoms with E-state index in [-0.39, 0.29) is 5.69 Å². The van der Waals surface area contributed by atoms with E-state index in [2.05, 4.69) is 10.3 Å². The van der Waals surface area contributed by atoms with Gasteiger partial charge in [-0.2, -0.15) is 0 Å². The standard InChI is InChI=1S/C13H20N4O2/c14-4-3-11-12(13(18)19)15-16-17(11)7-10-6-8-1-2-9(10)5-8/h8-10H,1-7,14H2,(H,18,19). The third-order valence-corrected chi connectivity index (χ3v) is 4.71. The third kappa shape index (κ3) is 2.25. The molecule has 2 saturated carbocycles. The van der Waals surface area contributed by atoms with Crippen LogP contribution in [-0.2, 0) is 13.0 Å². The number of hydrogen-bond donors (Lipinski definition) is 2. The number of nitrogens with zero attached hydrogens (tertiary/aromatic N) is 3. The van der Waals surface area contributed by atoms with Crippen molar-refractivity contribution in [3.05, 3.63) is 11.4 Å². The van der Waals surface area contributed by atoms with Crippen molar-refractivity contribution in [2.45, 2.75) is 38.6 Å². The lowest BCUT2D eigenvalue weighted by Gasteiger charge is -2.22. The zero-order valence-electron chi connectivity index (χ0n) is 11.0. The summed E-state index contributed by atoms with van der Waals surface area (Å²) in [7, 11) is 0. The zero-order valence-corrected chi connectivity index (χ0v) is 11.0. The van der Waals surface area contributed by atoms with E-state index in [1.54, 1.807) is 4.68 Å². The van der Waals surface area contributed by atoms with Crippen LogP contribution in [0.15, 0.2) is 0 Å². The first-order chi connectivity index (χ1) is 9.19. The van der Waals surface area contributed by atoms with Gasteiger partial charge in [0, 0.05) is 13.0 Å². The molecule has 3 atom stereocenters. The SMILES string of the molecule is NCCc1c(C(=O)O)nnn1CC1CC2CCC1C2. The van der Waals surface area contributed by atoms with Crippen LogP contribution in [0.5, 0.6) is 0 Å². The molecule has 3 N–H and O–H groups in total. The fourth-order valence-electron chi connectivity index (χ4n) is 3.85. The fourth-order valence-corrected chi connectivity index (χ4v) is 3.85. The fraction of sp³-hybridized carbons (Fsp3) is 0.769. The molecule has 3 rings (SSSR count). The van der Waals surface area contributed by atoms with Crippen molar-refractivity contribution in [3.63, 3.8) is 0 Å². The second kappa shape index (κ2) is 4.92. The molecule has 0 spiro atoms. The Hall–Kier alpha value is -1.43. The first-order valence-electron chi connectivity index (χ1n) is 7.04. The lowest BCUT2D eigenvalue weighted by atomic mass is 9.89. The summed E-state index contributed by atoms with van der Waals surface area (Å²) in [5.41, 5.74) is 6.31. The summed E-state index contributed by atoms with van der Waals surface area (Å²) in [5, 5.41) is 16.9. The number of aromatic carboxylic acids is 1. The van der Waals surface area contributed by atoms with Crippen molar-refractivity contribution in [2.75, 3.05) is 6.54 Å². The van der Waals surface area contributed by atoms with Crippen molar-refractivity contribution < 1.29 is 9.90 Å². The molecule has 0 radical (unpaired) electrons. The van der Waals surface area contributed by atoms with Crippen LogP contribution in [0.25, 0.3) is 0 Å². The molecular weight excluding hydrogens is 244 g/mol. The van der Waals surface area contributed by atoms with Crippen LogP contribution in [0.4, 0.5) is 0 Å². The van der Waals surface area contributed by atoms with Gasteiger partial charge >= 0.3 is 5.97 Å². The average molecular weight is 264 g/mol. The molecule has 104 valence electrons. The second-order valence-corrected chi connectivity index (χ2v) is 5.85. The minimum Gasteiger partial charge on any atom is -0.476 e. The average Bonchev–Trinajstić information content (AvgIpc) is 3.06. The Kier molecular flexibility index (Phi) is 3.26. The van der Waals surface area contributed by atoms with E-state index < -0.39 is 5.97 Å². The molecule has 2 fully saturated rings. The van der Waals surface area contributed by atoms with E-state index in [1.165, 1.54) is 25.7 Å². The maximum Gasteiger partial charge on any atom is 0.358 e. The maximum absolute atomic E-state index is 11.1. The molecule has 1 aromatic rings. The van der Waals surface area contributed by atoms with Crippen molar-refractivity contribution >= 4 is 5.97 Å². The number of nitrogens with two attached hydrogens (primary N) is 1. The number of fused-ring (bicyclic) bond motifs is 2. The Bertz CT molecular complexity index is 485. The number of carbonyl (C=O) groups is 1. The van der Waals surface area contributed by atoms with Gasteiger partial charge in [0.2, 0.25) is 0 Å². The van der Waals surface area contributed by atoms with Gasteiger partial charge in [0.1, 0.15) is 0 Å². The Balaban J connectivity index is 1.78. The maximum atomic E-state index is 11.1. The number of aromatic nitrogens is 3. The molecule has 6 heteroatoms. The Labute approximate surface area is 112 Å². The first-order valence-corrected chi connectivity index (χ1v) is 7.04. The third-order valence-electron chi connectivity index (χ3n) is 4.71. The Morgan fingerprint density at radius 2 is 2.26 bits per heavy atom. The number of rotatable bonds is 5. The number of carboxylic acids is 1. The summed E-state index contributed by atoms with van der Waals surface area (Å²) in [6.45, 7) is 1.22. The Morgan fingerprint density at radius 3 is 2.84 bits per heavy atom. The highest BCUT2D eigenvalue weighted by Crippen LogP contribution is 2.48. The van der Waals surface area contributed by atoms with Gasteiger partial charge in [-0.3, -0.25) is 0 Å². The summed E-state index contributed by atoms with van der Waals surface area (Å²) in [5.74, 6) is 1.31. The van der Waals surface area contributed by atoms with Gasteiger partial charge in [0.15, 0.2) is 5.69 Å². The highest BCUT2D eigenvalue weighted by atomic mass is 16.4. The lowest BCUT2D eigenvalue weighted by Crippen LogP contribution is -2.21. The van der Waals surface area contributed by atoms with E-state index in [9.17, 15) is 4.79 Å². The van der Waals surface area contributed by atoms with Crippen LogP contribution in [0.3, 0.4) is 0 Å². The summed E-state index contributed by atoms with van der Waals surface area (Å²) in [6, 6.07) is 0. The van der Waals surface area contributed by atoms with Gasteiger partial charge < -0.3 is 10.8 Å². The van der Waals surface area contributed by atoms with Crippen LogP contribution in [0.1, 0.15) is 41.9 Å². The van der Waals surface area contributed by atoms with E-state index in [0.29, 0.717) is 24.6 Å². The molecule has 3 unspecified atom stereocenters. The zero-order chi connectivity index (χ0) is 13.4. The normalized spacial score (nSPS) is 29.0. The van der Waals surface area contributed by atoms with Gasteiger partial charge in [0.05, 0.1) is 5.69 Å². The molecule has 2 bridgehead atoms. The first kappa shape index (κ1) is 12.6. The molecular formula is C13H20N4O2. The molecule has 0 saturated heterocycles. The topological polar surface area (TPSA) is 94.0 Å². The molecule has 19 heavy (non-hydrogen) atoms. The molecule has 0 amide bonds. The largest absolute Gasteiger partial charge is 0.476 e. The molecule has 0 aliphatic heterocycles. The summed E-state index contributed by atoms with van der Waals surface area (Å²) < 4.78 is 1.78. The minimum atomic E-state index is -1.01. The summed E-state index contributed by atoms with van der Waals surface area (Å²) in [6.07, 6.45) is 5.82. The quantitative estimate of drug-likeness (QED) is 0.824. The predicted molar refractivity (Wildman–Crippen MR) is 68.7 cm³/mol. The van der Waals surface area contributed by atoms with Crippen molar-refractivity contribution in [1.29, 1.82) is 0 Å². The summed E-state index contributed by atoms with van der Waals surface area (Å²) >= 11 is 0. The molecule has 0 aromatic carbocycles. The molecule has 2 aliphatic carbocycles. The van der Waals surface area contributed by atoms with Gasteiger partial charge in [-0.15, -0.1) is 5.10 Å². The van der Waals surface area contributed by atoms with Gasteiger partial charge in [-0.05, 0) is 43.6 Å². The molecule has 6 nitrogen and oxygen atoms in total. The van der Waals surface area contributed by atoms with Crippen LogP contribution in [-0.4, -0.2) is 32.6 Å². The van der Waals surface area contributed by atoms with Gasteiger partial charge in [-0.1, -0.05) is 11.6 Å². The smallest absolute Gasteiger partial charge is 0.358 e. The van der Waals surface area contributed by atoms with Crippen LogP contribution in [0.2, 0.25) is 0 Å². The van der Waals surface area contributed by atoms with Crippen LogP contribution >= 0.6 is 0 Å². The molecule has 1 heterocycles. The van der Waals surface area contributed by atoms with Crippen molar-refractivity contribution in [2.24, 2.45) is 23.5 Å². The van der Waals surface area contributed by atoms with E-state index in [4.69, 9.17) is 10.8 Å². The predicted octanol–water partition coefficient (Wildman–Crippen LogP) is 0.914. The summed E-state index contributed by atoms with van der Waals surface area (Å²) in [4.78, 5) is 11.1. The monoisotopic (exact) mass is 264 g/mol. The van der Waals surface area contributed by atoms with Crippen molar-refractivity contribution in [1.82, 2.24) is 15.0 Å². The van der Waals surface area contributed by atoms with E-state index in [1.807, 2.05) is 0 Å². The number of hydrogen-bond acceptors (Lipinski definition) is 4. The van der Waals surface area contributed by atoms with E-state index >= 15 is 0 Å². The highest BCUT2D eigenvalue weighted by Gasteiger charge is 2.40. The van der Waals surface area contributed by atoms with Crippen LogP contribution in [0, 0.1) is 17.8 Å².